The number of pyridine rings is 1. The Bertz CT molecular complexity index is 504. The number of rotatable bonds is 4. The predicted octanol–water partition coefficient (Wildman–Crippen LogP) is 0.943. The lowest BCUT2D eigenvalue weighted by Crippen LogP contribution is -2.24. The normalized spacial score (nSPS) is 12.1. The molecule has 0 saturated heterocycles. The fourth-order valence-corrected chi connectivity index (χ4v) is 1.50. The summed E-state index contributed by atoms with van der Waals surface area (Å²) >= 11 is 0. The first-order chi connectivity index (χ1) is 8.65. The van der Waals surface area contributed by atoms with Gasteiger partial charge in [0.25, 0.3) is 0 Å². The number of carbonyl (C=O) groups is 1. The number of amides is 1. The molecule has 0 fully saturated rings. The zero-order chi connectivity index (χ0) is 13.0. The van der Waals surface area contributed by atoms with Crippen LogP contribution in [0.25, 0.3) is 5.82 Å². The van der Waals surface area contributed by atoms with Gasteiger partial charge in [0, 0.05) is 24.9 Å². The number of aromatic nitrogens is 3. The Morgan fingerprint density at radius 3 is 2.94 bits per heavy atom. The quantitative estimate of drug-likeness (QED) is 0.839. The number of hydrogen-bond acceptors (Lipinski definition) is 4. The molecule has 0 aliphatic rings. The summed E-state index contributed by atoms with van der Waals surface area (Å²) in [6.07, 6.45) is 5.37. The second kappa shape index (κ2) is 5.42. The van der Waals surface area contributed by atoms with E-state index in [1.54, 1.807) is 42.3 Å². The summed E-state index contributed by atoms with van der Waals surface area (Å²) in [5.41, 5.74) is 6.20. The molecule has 0 saturated carbocycles. The maximum Gasteiger partial charge on any atom is 0.225 e. The second-order valence-corrected chi connectivity index (χ2v) is 4.09. The molecule has 0 bridgehead atoms. The summed E-state index contributed by atoms with van der Waals surface area (Å²) in [5, 5.41) is 6.80. The summed E-state index contributed by atoms with van der Waals surface area (Å²) in [5.74, 6) is 0.587. The first-order valence-corrected chi connectivity index (χ1v) is 5.66. The van der Waals surface area contributed by atoms with Gasteiger partial charge in [0.1, 0.15) is 0 Å². The fraction of sp³-hybridized carbons (Fsp3) is 0.250. The minimum absolute atomic E-state index is 0.112. The summed E-state index contributed by atoms with van der Waals surface area (Å²) < 4.78 is 1.65. The average Bonchev–Trinajstić information content (AvgIpc) is 2.82. The van der Waals surface area contributed by atoms with E-state index in [2.05, 4.69) is 15.4 Å². The monoisotopic (exact) mass is 245 g/mol. The molecule has 1 atom stereocenters. The van der Waals surface area contributed by atoms with Crippen LogP contribution in [0, 0.1) is 0 Å². The van der Waals surface area contributed by atoms with Gasteiger partial charge < -0.3 is 11.1 Å². The summed E-state index contributed by atoms with van der Waals surface area (Å²) in [4.78, 5) is 15.7. The molecule has 1 amide bonds. The summed E-state index contributed by atoms with van der Waals surface area (Å²) in [7, 11) is 0. The topological polar surface area (TPSA) is 85.8 Å². The van der Waals surface area contributed by atoms with E-state index in [1.807, 2.05) is 6.07 Å². The van der Waals surface area contributed by atoms with Gasteiger partial charge in [-0.05, 0) is 25.1 Å². The number of nitrogens with one attached hydrogen (secondary N) is 1. The van der Waals surface area contributed by atoms with Crippen LogP contribution in [0.4, 0.5) is 5.69 Å². The van der Waals surface area contributed by atoms with Crippen LogP contribution in [0.3, 0.4) is 0 Å². The minimum atomic E-state index is -0.152. The van der Waals surface area contributed by atoms with Crippen LogP contribution >= 0.6 is 0 Å². The van der Waals surface area contributed by atoms with Crippen molar-refractivity contribution < 1.29 is 4.79 Å². The zero-order valence-electron chi connectivity index (χ0n) is 10.1. The Labute approximate surface area is 105 Å². The molecule has 6 nitrogen and oxygen atoms in total. The summed E-state index contributed by atoms with van der Waals surface area (Å²) in [6.45, 7) is 1.79. The number of hydrogen-bond donors (Lipinski definition) is 2. The summed E-state index contributed by atoms with van der Waals surface area (Å²) in [6, 6.07) is 5.23. The largest absolute Gasteiger partial charge is 0.327 e. The van der Waals surface area contributed by atoms with Crippen molar-refractivity contribution in [1.82, 2.24) is 14.8 Å². The van der Waals surface area contributed by atoms with Gasteiger partial charge in [0.2, 0.25) is 5.91 Å². The van der Waals surface area contributed by atoms with Crippen LogP contribution in [0.15, 0.2) is 36.8 Å². The van der Waals surface area contributed by atoms with Crippen molar-refractivity contribution in [1.29, 1.82) is 0 Å². The smallest absolute Gasteiger partial charge is 0.225 e. The third-order valence-corrected chi connectivity index (χ3v) is 2.28. The molecule has 0 radical (unpaired) electrons. The van der Waals surface area contributed by atoms with Gasteiger partial charge in [-0.25, -0.2) is 9.67 Å². The maximum atomic E-state index is 11.5. The third kappa shape index (κ3) is 3.14. The van der Waals surface area contributed by atoms with E-state index < -0.39 is 0 Å². The Morgan fingerprint density at radius 2 is 2.39 bits per heavy atom. The van der Waals surface area contributed by atoms with E-state index in [-0.39, 0.29) is 11.9 Å². The van der Waals surface area contributed by atoms with Crippen LogP contribution < -0.4 is 11.1 Å². The SMILES string of the molecule is CC(N)CC(=O)Nc1ccc(-n2cccn2)nc1. The molecule has 2 aromatic rings. The molecular weight excluding hydrogens is 230 g/mol. The van der Waals surface area contributed by atoms with Gasteiger partial charge in [0.15, 0.2) is 5.82 Å². The van der Waals surface area contributed by atoms with E-state index in [4.69, 9.17) is 5.73 Å². The second-order valence-electron chi connectivity index (χ2n) is 4.09. The van der Waals surface area contributed by atoms with Crippen molar-refractivity contribution >= 4 is 11.6 Å². The molecule has 0 aromatic carbocycles. The molecule has 0 aliphatic heterocycles. The number of carbonyl (C=O) groups excluding carboxylic acids is 1. The van der Waals surface area contributed by atoms with Crippen LogP contribution in [0.2, 0.25) is 0 Å². The molecule has 94 valence electrons. The number of anilines is 1. The van der Waals surface area contributed by atoms with Crippen LogP contribution in [-0.2, 0) is 4.79 Å². The van der Waals surface area contributed by atoms with Crippen molar-refractivity contribution in [2.24, 2.45) is 5.73 Å². The molecule has 18 heavy (non-hydrogen) atoms. The van der Waals surface area contributed by atoms with Crippen molar-refractivity contribution in [3.05, 3.63) is 36.8 Å². The molecule has 2 heterocycles. The first-order valence-electron chi connectivity index (χ1n) is 5.66. The van der Waals surface area contributed by atoms with Crippen molar-refractivity contribution in [2.75, 3.05) is 5.32 Å². The van der Waals surface area contributed by atoms with Crippen molar-refractivity contribution in [3.8, 4) is 5.82 Å². The van der Waals surface area contributed by atoms with Gasteiger partial charge in [-0.3, -0.25) is 4.79 Å². The Morgan fingerprint density at radius 1 is 1.56 bits per heavy atom. The van der Waals surface area contributed by atoms with Gasteiger partial charge in [0.05, 0.1) is 11.9 Å². The van der Waals surface area contributed by atoms with E-state index in [1.165, 1.54) is 0 Å². The molecule has 0 spiro atoms. The molecule has 2 rings (SSSR count). The first kappa shape index (κ1) is 12.3. The van der Waals surface area contributed by atoms with Crippen LogP contribution in [-0.4, -0.2) is 26.7 Å². The van der Waals surface area contributed by atoms with Gasteiger partial charge in [-0.2, -0.15) is 5.10 Å². The molecule has 6 heteroatoms. The average molecular weight is 245 g/mol. The van der Waals surface area contributed by atoms with Gasteiger partial charge >= 0.3 is 0 Å². The lowest BCUT2D eigenvalue weighted by Gasteiger charge is -2.07. The predicted molar refractivity (Wildman–Crippen MR) is 68.3 cm³/mol. The highest BCUT2D eigenvalue weighted by atomic mass is 16.1. The van der Waals surface area contributed by atoms with E-state index >= 15 is 0 Å². The van der Waals surface area contributed by atoms with Crippen molar-refractivity contribution in [3.63, 3.8) is 0 Å². The molecule has 3 N–H and O–H groups in total. The highest BCUT2D eigenvalue weighted by molar-refractivity contribution is 5.90. The lowest BCUT2D eigenvalue weighted by atomic mass is 10.2. The van der Waals surface area contributed by atoms with Crippen molar-refractivity contribution in [2.45, 2.75) is 19.4 Å². The van der Waals surface area contributed by atoms with Crippen LogP contribution in [0.1, 0.15) is 13.3 Å². The van der Waals surface area contributed by atoms with E-state index in [0.717, 1.165) is 0 Å². The third-order valence-electron chi connectivity index (χ3n) is 2.28. The van der Waals surface area contributed by atoms with E-state index in [9.17, 15) is 4.79 Å². The fourth-order valence-electron chi connectivity index (χ4n) is 1.50. The van der Waals surface area contributed by atoms with Gasteiger partial charge in [-0.1, -0.05) is 0 Å². The Hall–Kier alpha value is -2.21. The molecule has 0 aliphatic carbocycles. The highest BCUT2D eigenvalue weighted by Crippen LogP contribution is 2.09. The molecular formula is C12H15N5O. The van der Waals surface area contributed by atoms with Gasteiger partial charge in [-0.15, -0.1) is 0 Å². The number of nitrogens with two attached hydrogens (primary N) is 1. The Kier molecular flexibility index (Phi) is 3.69. The van der Waals surface area contributed by atoms with E-state index in [0.29, 0.717) is 17.9 Å². The zero-order valence-corrected chi connectivity index (χ0v) is 10.1. The Balaban J connectivity index is 2.02. The minimum Gasteiger partial charge on any atom is -0.327 e. The molecule has 2 aromatic heterocycles. The maximum absolute atomic E-state index is 11.5. The lowest BCUT2D eigenvalue weighted by molar-refractivity contribution is -0.116. The van der Waals surface area contributed by atoms with Crippen LogP contribution in [0.5, 0.6) is 0 Å². The molecule has 1 unspecified atom stereocenters. The number of nitrogens with zero attached hydrogens (tertiary/aromatic N) is 3. The standard InChI is InChI=1S/C12H15N5O/c1-9(13)7-12(18)16-10-3-4-11(14-8-10)17-6-2-5-15-17/h2-6,8-9H,7,13H2,1H3,(H,16,18). The highest BCUT2D eigenvalue weighted by Gasteiger charge is 2.06.